The van der Waals surface area contributed by atoms with Crippen molar-refractivity contribution in [3.8, 4) is 5.75 Å². The van der Waals surface area contributed by atoms with Gasteiger partial charge in [-0.05, 0) is 36.4 Å². The fraction of sp³-hybridized carbons (Fsp3) is 0.0714. The number of carbonyl (C=O) groups is 1. The molecule has 104 valence electrons. The Morgan fingerprint density at radius 1 is 1.30 bits per heavy atom. The minimum absolute atomic E-state index is 0.112. The van der Waals surface area contributed by atoms with Gasteiger partial charge in [0.15, 0.2) is 0 Å². The highest BCUT2D eigenvalue weighted by Crippen LogP contribution is 2.27. The average Bonchev–Trinajstić information content (AvgIpc) is 2.38. The van der Waals surface area contributed by atoms with E-state index in [9.17, 15) is 9.18 Å². The minimum Gasteiger partial charge on any atom is -0.495 e. The van der Waals surface area contributed by atoms with E-state index in [-0.39, 0.29) is 10.6 Å². The first kappa shape index (κ1) is 14.1. The summed E-state index contributed by atoms with van der Waals surface area (Å²) >= 11 is 5.64. The number of hydrogen-bond donors (Lipinski definition) is 2. The Kier molecular flexibility index (Phi) is 4.10. The van der Waals surface area contributed by atoms with Gasteiger partial charge in [0.05, 0.1) is 18.4 Å². The number of nitrogens with one attached hydrogen (secondary N) is 1. The largest absolute Gasteiger partial charge is 0.495 e. The number of amides is 1. The van der Waals surface area contributed by atoms with Gasteiger partial charge in [0.25, 0.3) is 5.91 Å². The zero-order valence-corrected chi connectivity index (χ0v) is 11.4. The zero-order valence-electron chi connectivity index (χ0n) is 10.6. The molecule has 0 aliphatic rings. The third-order valence-corrected chi connectivity index (χ3v) is 2.88. The first-order valence-corrected chi connectivity index (χ1v) is 6.09. The van der Waals surface area contributed by atoms with E-state index in [0.717, 1.165) is 6.07 Å². The Bertz CT molecular complexity index is 662. The van der Waals surface area contributed by atoms with Crippen LogP contribution in [0.4, 0.5) is 15.8 Å². The molecule has 0 spiro atoms. The number of carbonyl (C=O) groups excluding carboxylic acids is 1. The first-order chi connectivity index (χ1) is 9.51. The third kappa shape index (κ3) is 3.00. The van der Waals surface area contributed by atoms with Crippen molar-refractivity contribution in [3.63, 3.8) is 0 Å². The van der Waals surface area contributed by atoms with E-state index in [1.165, 1.54) is 25.3 Å². The Morgan fingerprint density at radius 3 is 2.70 bits per heavy atom. The van der Waals surface area contributed by atoms with Crippen molar-refractivity contribution in [3.05, 3.63) is 52.8 Å². The molecule has 0 saturated carbocycles. The van der Waals surface area contributed by atoms with Crippen LogP contribution in [0.1, 0.15) is 10.4 Å². The number of hydrogen-bond acceptors (Lipinski definition) is 3. The quantitative estimate of drug-likeness (QED) is 0.854. The molecule has 3 N–H and O–H groups in total. The lowest BCUT2D eigenvalue weighted by atomic mass is 10.2. The average molecular weight is 295 g/mol. The topological polar surface area (TPSA) is 64.3 Å². The summed E-state index contributed by atoms with van der Waals surface area (Å²) in [5.74, 6) is -0.872. The van der Waals surface area contributed by atoms with Crippen molar-refractivity contribution >= 4 is 28.9 Å². The molecule has 20 heavy (non-hydrogen) atoms. The van der Waals surface area contributed by atoms with Crippen LogP contribution in [0.5, 0.6) is 5.75 Å². The fourth-order valence-electron chi connectivity index (χ4n) is 1.69. The summed E-state index contributed by atoms with van der Waals surface area (Å²) < 4.78 is 18.8. The number of nitrogen functional groups attached to an aromatic ring is 1. The second-order valence-corrected chi connectivity index (χ2v) is 4.47. The van der Waals surface area contributed by atoms with Crippen molar-refractivity contribution in [2.45, 2.75) is 0 Å². The summed E-state index contributed by atoms with van der Waals surface area (Å²) in [6.45, 7) is 0. The van der Waals surface area contributed by atoms with Crippen LogP contribution in [0, 0.1) is 5.82 Å². The van der Waals surface area contributed by atoms with Crippen molar-refractivity contribution in [1.82, 2.24) is 0 Å². The van der Waals surface area contributed by atoms with Crippen LogP contribution in [0.3, 0.4) is 0 Å². The van der Waals surface area contributed by atoms with Crippen molar-refractivity contribution in [1.29, 1.82) is 0 Å². The molecule has 0 aliphatic heterocycles. The monoisotopic (exact) mass is 294 g/mol. The van der Waals surface area contributed by atoms with Gasteiger partial charge < -0.3 is 15.8 Å². The van der Waals surface area contributed by atoms with Crippen LogP contribution in [-0.4, -0.2) is 13.0 Å². The lowest BCUT2D eigenvalue weighted by Crippen LogP contribution is -2.14. The molecule has 0 saturated heterocycles. The number of halogens is 2. The molecule has 0 fully saturated rings. The van der Waals surface area contributed by atoms with Gasteiger partial charge in [-0.15, -0.1) is 0 Å². The molecule has 1 amide bonds. The third-order valence-electron chi connectivity index (χ3n) is 2.65. The molecule has 0 aliphatic carbocycles. The maximum atomic E-state index is 13.7. The standard InChI is InChI=1S/C14H12ClFN2O2/c1-20-13-5-3-9(17)7-12(13)18-14(19)10-4-2-8(15)6-11(10)16/h2-7H,17H2,1H3,(H,18,19). The Labute approximate surface area is 120 Å². The Morgan fingerprint density at radius 2 is 2.05 bits per heavy atom. The highest BCUT2D eigenvalue weighted by Gasteiger charge is 2.14. The van der Waals surface area contributed by atoms with Gasteiger partial charge in [0.1, 0.15) is 11.6 Å². The van der Waals surface area contributed by atoms with Gasteiger partial charge in [-0.25, -0.2) is 4.39 Å². The first-order valence-electron chi connectivity index (χ1n) is 5.71. The summed E-state index contributed by atoms with van der Waals surface area (Å²) in [5.41, 5.74) is 6.36. The van der Waals surface area contributed by atoms with Crippen LogP contribution in [-0.2, 0) is 0 Å². The molecule has 0 unspecified atom stereocenters. The summed E-state index contributed by atoms with van der Waals surface area (Å²) in [4.78, 5) is 12.0. The van der Waals surface area contributed by atoms with Gasteiger partial charge in [0.2, 0.25) is 0 Å². The lowest BCUT2D eigenvalue weighted by Gasteiger charge is -2.11. The van der Waals surface area contributed by atoms with Crippen LogP contribution in [0.2, 0.25) is 5.02 Å². The van der Waals surface area contributed by atoms with Gasteiger partial charge in [-0.2, -0.15) is 0 Å². The molecular weight excluding hydrogens is 283 g/mol. The molecule has 2 rings (SSSR count). The van der Waals surface area contributed by atoms with Gasteiger partial charge in [-0.1, -0.05) is 11.6 Å². The van der Waals surface area contributed by atoms with Crippen molar-refractivity contribution in [2.24, 2.45) is 0 Å². The lowest BCUT2D eigenvalue weighted by molar-refractivity contribution is 0.102. The van der Waals surface area contributed by atoms with Crippen LogP contribution in [0.15, 0.2) is 36.4 Å². The maximum absolute atomic E-state index is 13.7. The number of rotatable bonds is 3. The predicted molar refractivity (Wildman–Crippen MR) is 76.8 cm³/mol. The molecule has 2 aromatic rings. The maximum Gasteiger partial charge on any atom is 0.258 e. The minimum atomic E-state index is -0.696. The molecule has 6 heteroatoms. The summed E-state index contributed by atoms with van der Waals surface area (Å²) in [6, 6.07) is 8.61. The van der Waals surface area contributed by atoms with E-state index in [2.05, 4.69) is 5.32 Å². The van der Waals surface area contributed by atoms with Crippen molar-refractivity contribution < 1.29 is 13.9 Å². The van der Waals surface area contributed by atoms with Crippen molar-refractivity contribution in [2.75, 3.05) is 18.2 Å². The molecule has 0 aromatic heterocycles. The molecular formula is C14H12ClFN2O2. The molecule has 0 heterocycles. The van der Waals surface area contributed by atoms with E-state index in [0.29, 0.717) is 17.1 Å². The SMILES string of the molecule is COc1ccc(N)cc1NC(=O)c1ccc(Cl)cc1F. The van der Waals surface area contributed by atoms with Gasteiger partial charge in [-0.3, -0.25) is 4.79 Å². The predicted octanol–water partition coefficient (Wildman–Crippen LogP) is 3.32. The smallest absolute Gasteiger partial charge is 0.258 e. The molecule has 0 bridgehead atoms. The van der Waals surface area contributed by atoms with Crippen LogP contribution < -0.4 is 15.8 Å². The fourth-order valence-corrected chi connectivity index (χ4v) is 1.85. The highest BCUT2D eigenvalue weighted by molar-refractivity contribution is 6.30. The van der Waals surface area contributed by atoms with Gasteiger partial charge >= 0.3 is 0 Å². The number of ether oxygens (including phenoxy) is 1. The number of nitrogens with two attached hydrogens (primary N) is 1. The van der Waals surface area contributed by atoms with E-state index in [4.69, 9.17) is 22.1 Å². The van der Waals surface area contributed by atoms with Gasteiger partial charge in [0, 0.05) is 10.7 Å². The summed E-state index contributed by atoms with van der Waals surface area (Å²) in [7, 11) is 1.46. The Balaban J connectivity index is 2.30. The number of benzene rings is 2. The molecule has 0 atom stereocenters. The molecule has 4 nitrogen and oxygen atoms in total. The molecule has 2 aromatic carbocycles. The van der Waals surface area contributed by atoms with Crippen LogP contribution >= 0.6 is 11.6 Å². The molecule has 0 radical (unpaired) electrons. The van der Waals surface area contributed by atoms with E-state index >= 15 is 0 Å². The second-order valence-electron chi connectivity index (χ2n) is 4.04. The Hall–Kier alpha value is -2.27. The number of anilines is 2. The van der Waals surface area contributed by atoms with Crippen LogP contribution in [0.25, 0.3) is 0 Å². The normalized spacial score (nSPS) is 10.2. The van der Waals surface area contributed by atoms with E-state index in [1.54, 1.807) is 12.1 Å². The van der Waals surface area contributed by atoms with E-state index in [1.807, 2.05) is 0 Å². The van der Waals surface area contributed by atoms with E-state index < -0.39 is 11.7 Å². The summed E-state index contributed by atoms with van der Waals surface area (Å²) in [6.07, 6.45) is 0. The second kappa shape index (κ2) is 5.79. The highest BCUT2D eigenvalue weighted by atomic mass is 35.5. The summed E-state index contributed by atoms with van der Waals surface area (Å²) in [5, 5.41) is 2.77. The zero-order chi connectivity index (χ0) is 14.7. The number of methoxy groups -OCH3 is 1.